The van der Waals surface area contributed by atoms with E-state index in [1.54, 1.807) is 14.2 Å². The molecule has 0 aliphatic heterocycles. The Bertz CT molecular complexity index is 385. The predicted molar refractivity (Wildman–Crippen MR) is 74.6 cm³/mol. The summed E-state index contributed by atoms with van der Waals surface area (Å²) in [5, 5.41) is 0.608. The molecule has 0 aliphatic carbocycles. The number of benzene rings is 1. The molecule has 1 aromatic carbocycles. The Kier molecular flexibility index (Phi) is 6.25. The molecule has 0 bridgehead atoms. The molecule has 0 radical (unpaired) electrons. The zero-order valence-corrected chi connectivity index (χ0v) is 12.0. The molecule has 5 heteroatoms. The maximum atomic E-state index is 6.31. The summed E-state index contributed by atoms with van der Waals surface area (Å²) in [7, 11) is 5.23. The van der Waals surface area contributed by atoms with Crippen molar-refractivity contribution in [3.8, 4) is 11.5 Å². The molecular weight excluding hydrogens is 252 g/mol. The van der Waals surface area contributed by atoms with Crippen LogP contribution in [0.15, 0.2) is 12.1 Å². The summed E-state index contributed by atoms with van der Waals surface area (Å²) >= 11 is 6.31. The van der Waals surface area contributed by atoms with E-state index >= 15 is 0 Å². The van der Waals surface area contributed by atoms with Crippen molar-refractivity contribution in [1.29, 1.82) is 0 Å². The molecule has 102 valence electrons. The molecule has 0 atom stereocenters. The van der Waals surface area contributed by atoms with E-state index in [4.69, 9.17) is 26.8 Å². The van der Waals surface area contributed by atoms with Gasteiger partial charge in [0.1, 0.15) is 0 Å². The normalized spacial score (nSPS) is 10.8. The Morgan fingerprint density at radius 2 is 2.00 bits per heavy atom. The SMILES string of the molecule is COc1ccc(CN(C)CCCN)c(Cl)c1OC. The lowest BCUT2D eigenvalue weighted by atomic mass is 10.2. The van der Waals surface area contributed by atoms with Gasteiger partial charge in [0.15, 0.2) is 11.5 Å². The number of halogens is 1. The molecule has 0 fully saturated rings. The molecule has 0 heterocycles. The van der Waals surface area contributed by atoms with Gasteiger partial charge in [-0.25, -0.2) is 0 Å². The quantitative estimate of drug-likeness (QED) is 0.826. The van der Waals surface area contributed by atoms with Crippen molar-refractivity contribution in [3.05, 3.63) is 22.7 Å². The van der Waals surface area contributed by atoms with Gasteiger partial charge in [0, 0.05) is 6.54 Å². The van der Waals surface area contributed by atoms with Gasteiger partial charge in [-0.1, -0.05) is 17.7 Å². The highest BCUT2D eigenvalue weighted by Gasteiger charge is 2.13. The summed E-state index contributed by atoms with van der Waals surface area (Å²) in [6.07, 6.45) is 0.974. The average Bonchev–Trinajstić information content (AvgIpc) is 2.38. The zero-order valence-electron chi connectivity index (χ0n) is 11.2. The van der Waals surface area contributed by atoms with Crippen LogP contribution in [0.3, 0.4) is 0 Å². The Morgan fingerprint density at radius 3 is 2.56 bits per heavy atom. The predicted octanol–water partition coefficient (Wildman–Crippen LogP) is 2.14. The minimum absolute atomic E-state index is 0.587. The fraction of sp³-hybridized carbons (Fsp3) is 0.538. The first-order valence-corrected chi connectivity index (χ1v) is 6.29. The van der Waals surface area contributed by atoms with E-state index in [1.807, 2.05) is 19.2 Å². The number of ether oxygens (including phenoxy) is 2. The van der Waals surface area contributed by atoms with Crippen LogP contribution in [0, 0.1) is 0 Å². The van der Waals surface area contributed by atoms with E-state index in [9.17, 15) is 0 Å². The summed E-state index contributed by atoms with van der Waals surface area (Å²) in [6, 6.07) is 3.83. The summed E-state index contributed by atoms with van der Waals surface area (Å²) < 4.78 is 10.5. The largest absolute Gasteiger partial charge is 0.493 e. The van der Waals surface area contributed by atoms with E-state index in [0.717, 1.165) is 25.1 Å². The molecular formula is C13H21ClN2O2. The van der Waals surface area contributed by atoms with E-state index in [-0.39, 0.29) is 0 Å². The standard InChI is InChI=1S/C13H21ClN2O2/c1-16(8-4-7-15)9-10-5-6-11(17-2)13(18-3)12(10)14/h5-6H,4,7-9,15H2,1-3H3. The third-order valence-electron chi connectivity index (χ3n) is 2.75. The van der Waals surface area contributed by atoms with Crippen LogP contribution < -0.4 is 15.2 Å². The highest BCUT2D eigenvalue weighted by atomic mass is 35.5. The summed E-state index contributed by atoms with van der Waals surface area (Å²) in [6.45, 7) is 2.41. The molecule has 0 unspecified atom stereocenters. The van der Waals surface area contributed by atoms with Crippen LogP contribution in [0.2, 0.25) is 5.02 Å². The van der Waals surface area contributed by atoms with Crippen LogP contribution in [0.25, 0.3) is 0 Å². The van der Waals surface area contributed by atoms with Crippen LogP contribution in [-0.4, -0.2) is 39.3 Å². The molecule has 0 spiro atoms. The second-order valence-electron chi connectivity index (χ2n) is 4.15. The van der Waals surface area contributed by atoms with E-state index < -0.39 is 0 Å². The third kappa shape index (κ3) is 3.77. The highest BCUT2D eigenvalue weighted by molar-refractivity contribution is 6.33. The molecule has 0 amide bonds. The molecule has 1 aromatic rings. The van der Waals surface area contributed by atoms with Gasteiger partial charge in [-0.2, -0.15) is 0 Å². The van der Waals surface area contributed by atoms with E-state index in [1.165, 1.54) is 0 Å². The summed E-state index contributed by atoms with van der Waals surface area (Å²) in [5.74, 6) is 1.24. The van der Waals surface area contributed by atoms with Gasteiger partial charge >= 0.3 is 0 Å². The molecule has 4 nitrogen and oxygen atoms in total. The number of hydrogen-bond donors (Lipinski definition) is 1. The zero-order chi connectivity index (χ0) is 13.5. The molecule has 0 saturated carbocycles. The van der Waals surface area contributed by atoms with Crippen LogP contribution in [-0.2, 0) is 6.54 Å². The van der Waals surface area contributed by atoms with Crippen molar-refractivity contribution < 1.29 is 9.47 Å². The second-order valence-corrected chi connectivity index (χ2v) is 4.53. The topological polar surface area (TPSA) is 47.7 Å². The number of nitrogens with two attached hydrogens (primary N) is 1. The van der Waals surface area contributed by atoms with Gasteiger partial charge in [-0.05, 0) is 38.2 Å². The van der Waals surface area contributed by atoms with Crippen molar-refractivity contribution in [2.24, 2.45) is 5.73 Å². The van der Waals surface area contributed by atoms with Crippen molar-refractivity contribution in [2.75, 3.05) is 34.4 Å². The van der Waals surface area contributed by atoms with Crippen LogP contribution in [0.5, 0.6) is 11.5 Å². The van der Waals surface area contributed by atoms with Crippen molar-refractivity contribution >= 4 is 11.6 Å². The minimum atomic E-state index is 0.587. The number of rotatable bonds is 7. The first kappa shape index (κ1) is 15.1. The fourth-order valence-electron chi connectivity index (χ4n) is 1.78. The lowest BCUT2D eigenvalue weighted by molar-refractivity contribution is 0.321. The maximum absolute atomic E-state index is 6.31. The highest BCUT2D eigenvalue weighted by Crippen LogP contribution is 2.37. The van der Waals surface area contributed by atoms with Gasteiger partial charge in [0.25, 0.3) is 0 Å². The van der Waals surface area contributed by atoms with E-state index in [0.29, 0.717) is 23.1 Å². The summed E-state index contributed by atoms with van der Waals surface area (Å²) in [5.41, 5.74) is 6.52. The Hall–Kier alpha value is -0.970. The van der Waals surface area contributed by atoms with Crippen molar-refractivity contribution in [3.63, 3.8) is 0 Å². The fourth-order valence-corrected chi connectivity index (χ4v) is 2.08. The minimum Gasteiger partial charge on any atom is -0.493 e. The number of nitrogens with zero attached hydrogens (tertiary/aromatic N) is 1. The molecule has 0 aliphatic rings. The lowest BCUT2D eigenvalue weighted by Gasteiger charge is -2.19. The average molecular weight is 273 g/mol. The van der Waals surface area contributed by atoms with Crippen LogP contribution in [0.4, 0.5) is 0 Å². The van der Waals surface area contributed by atoms with Gasteiger partial charge in [-0.15, -0.1) is 0 Å². The van der Waals surface area contributed by atoms with Gasteiger partial charge in [0.05, 0.1) is 19.2 Å². The second kappa shape index (κ2) is 7.46. The molecule has 2 N–H and O–H groups in total. The molecule has 18 heavy (non-hydrogen) atoms. The maximum Gasteiger partial charge on any atom is 0.179 e. The first-order valence-electron chi connectivity index (χ1n) is 5.92. The Morgan fingerprint density at radius 1 is 1.28 bits per heavy atom. The van der Waals surface area contributed by atoms with Gasteiger partial charge in [0.2, 0.25) is 0 Å². The van der Waals surface area contributed by atoms with Gasteiger partial charge in [-0.3, -0.25) is 0 Å². The van der Waals surface area contributed by atoms with Gasteiger partial charge < -0.3 is 20.1 Å². The molecule has 0 aromatic heterocycles. The molecule has 1 rings (SSSR count). The summed E-state index contributed by atoms with van der Waals surface area (Å²) in [4.78, 5) is 2.18. The Labute approximate surface area is 114 Å². The van der Waals surface area contributed by atoms with Crippen LogP contribution >= 0.6 is 11.6 Å². The van der Waals surface area contributed by atoms with Crippen molar-refractivity contribution in [1.82, 2.24) is 4.90 Å². The Balaban J connectivity index is 2.83. The third-order valence-corrected chi connectivity index (χ3v) is 3.16. The number of methoxy groups -OCH3 is 2. The van der Waals surface area contributed by atoms with Crippen molar-refractivity contribution in [2.45, 2.75) is 13.0 Å². The van der Waals surface area contributed by atoms with Crippen LogP contribution in [0.1, 0.15) is 12.0 Å². The smallest absolute Gasteiger partial charge is 0.179 e. The first-order chi connectivity index (χ1) is 8.63. The lowest BCUT2D eigenvalue weighted by Crippen LogP contribution is -2.21. The molecule has 0 saturated heterocycles. The monoisotopic (exact) mass is 272 g/mol. The van der Waals surface area contributed by atoms with E-state index in [2.05, 4.69) is 4.90 Å². The number of hydrogen-bond acceptors (Lipinski definition) is 4.